The number of carbonyl (C=O) groups is 2. The first-order chi connectivity index (χ1) is 13.2. The van der Waals surface area contributed by atoms with E-state index in [2.05, 4.69) is 5.32 Å². The molecule has 0 spiro atoms. The molecule has 142 valence electrons. The molecule has 0 bridgehead atoms. The summed E-state index contributed by atoms with van der Waals surface area (Å²) in [6.07, 6.45) is 2.19. The number of thiophene rings is 1. The number of rotatable bonds is 3. The van der Waals surface area contributed by atoms with Crippen molar-refractivity contribution in [2.24, 2.45) is 5.92 Å². The standard InChI is InChI=1S/C20H22N2O4S/c23-19(21-15-4-5-16-17(13-15)26-11-2-10-25-16)14-6-8-22(9-7-14)20(24)18-3-1-12-27-18/h1,3-5,12-14H,2,6-11H2,(H,21,23). The molecule has 0 saturated carbocycles. The Morgan fingerprint density at radius 2 is 1.85 bits per heavy atom. The van der Waals surface area contributed by atoms with E-state index in [4.69, 9.17) is 9.47 Å². The molecule has 2 aromatic rings. The van der Waals surface area contributed by atoms with Crippen LogP contribution in [0.3, 0.4) is 0 Å². The van der Waals surface area contributed by atoms with Crippen LogP contribution in [0, 0.1) is 5.92 Å². The van der Waals surface area contributed by atoms with Crippen molar-refractivity contribution in [3.8, 4) is 11.5 Å². The second-order valence-electron chi connectivity index (χ2n) is 6.75. The molecule has 0 atom stereocenters. The minimum atomic E-state index is -0.0895. The van der Waals surface area contributed by atoms with Crippen LogP contribution in [0.2, 0.25) is 0 Å². The predicted octanol–water partition coefficient (Wildman–Crippen LogP) is 3.40. The van der Waals surface area contributed by atoms with E-state index in [1.165, 1.54) is 11.3 Å². The number of piperidine rings is 1. The Kier molecular flexibility index (Phi) is 5.29. The second kappa shape index (κ2) is 8.00. The van der Waals surface area contributed by atoms with Crippen molar-refractivity contribution < 1.29 is 19.1 Å². The largest absolute Gasteiger partial charge is 0.490 e. The minimum Gasteiger partial charge on any atom is -0.490 e. The lowest BCUT2D eigenvalue weighted by molar-refractivity contribution is -0.121. The summed E-state index contributed by atoms with van der Waals surface area (Å²) < 4.78 is 11.3. The topological polar surface area (TPSA) is 67.9 Å². The Hall–Kier alpha value is -2.54. The van der Waals surface area contributed by atoms with Crippen LogP contribution in [0.1, 0.15) is 28.9 Å². The molecule has 6 nitrogen and oxygen atoms in total. The summed E-state index contributed by atoms with van der Waals surface area (Å²) in [4.78, 5) is 27.6. The highest BCUT2D eigenvalue weighted by atomic mass is 32.1. The molecule has 1 saturated heterocycles. The Morgan fingerprint density at radius 3 is 2.59 bits per heavy atom. The average Bonchev–Trinajstić information content (AvgIpc) is 3.13. The van der Waals surface area contributed by atoms with E-state index >= 15 is 0 Å². The van der Waals surface area contributed by atoms with Crippen molar-refractivity contribution in [2.45, 2.75) is 19.3 Å². The van der Waals surface area contributed by atoms with Crippen molar-refractivity contribution in [1.82, 2.24) is 4.90 Å². The number of fused-ring (bicyclic) bond motifs is 1. The third-order valence-corrected chi connectivity index (χ3v) is 5.76. The summed E-state index contributed by atoms with van der Waals surface area (Å²) in [5.41, 5.74) is 0.710. The van der Waals surface area contributed by atoms with Crippen molar-refractivity contribution in [2.75, 3.05) is 31.6 Å². The number of nitrogens with zero attached hydrogens (tertiary/aromatic N) is 1. The van der Waals surface area contributed by atoms with Crippen molar-refractivity contribution in [1.29, 1.82) is 0 Å². The fraction of sp³-hybridized carbons (Fsp3) is 0.400. The Bertz CT molecular complexity index is 813. The van der Waals surface area contributed by atoms with E-state index in [0.29, 0.717) is 56.3 Å². The molecule has 1 N–H and O–H groups in total. The molecular weight excluding hydrogens is 364 g/mol. The van der Waals surface area contributed by atoms with Gasteiger partial charge in [-0.3, -0.25) is 9.59 Å². The molecule has 0 radical (unpaired) electrons. The smallest absolute Gasteiger partial charge is 0.263 e. The monoisotopic (exact) mass is 386 g/mol. The number of nitrogens with one attached hydrogen (secondary N) is 1. The number of amides is 2. The maximum absolute atomic E-state index is 12.6. The molecule has 4 rings (SSSR count). The number of hydrogen-bond donors (Lipinski definition) is 1. The zero-order valence-electron chi connectivity index (χ0n) is 15.0. The van der Waals surface area contributed by atoms with Crippen LogP contribution in [-0.2, 0) is 4.79 Å². The fourth-order valence-electron chi connectivity index (χ4n) is 3.39. The van der Waals surface area contributed by atoms with Gasteiger partial charge < -0.3 is 19.7 Å². The molecule has 7 heteroatoms. The molecule has 2 amide bonds. The second-order valence-corrected chi connectivity index (χ2v) is 7.69. The SMILES string of the molecule is O=C(Nc1ccc2c(c1)OCCCO2)C1CCN(C(=O)c2cccs2)CC1. The zero-order chi connectivity index (χ0) is 18.6. The van der Waals surface area contributed by atoms with E-state index in [-0.39, 0.29) is 17.7 Å². The summed E-state index contributed by atoms with van der Waals surface area (Å²) in [5, 5.41) is 4.88. The fourth-order valence-corrected chi connectivity index (χ4v) is 4.08. The van der Waals surface area contributed by atoms with Crippen LogP contribution in [-0.4, -0.2) is 43.0 Å². The van der Waals surface area contributed by atoms with Crippen LogP contribution < -0.4 is 14.8 Å². The molecule has 0 aliphatic carbocycles. The van der Waals surface area contributed by atoms with E-state index < -0.39 is 0 Å². The van der Waals surface area contributed by atoms with Gasteiger partial charge in [0.2, 0.25) is 5.91 Å². The number of ether oxygens (including phenoxy) is 2. The van der Waals surface area contributed by atoms with Gasteiger partial charge in [-0.05, 0) is 36.4 Å². The van der Waals surface area contributed by atoms with Crippen LogP contribution in [0.25, 0.3) is 0 Å². The molecule has 1 aromatic heterocycles. The van der Waals surface area contributed by atoms with Gasteiger partial charge in [0.05, 0.1) is 18.1 Å². The van der Waals surface area contributed by atoms with Gasteiger partial charge in [0.25, 0.3) is 5.91 Å². The van der Waals surface area contributed by atoms with Crippen molar-refractivity contribution >= 4 is 28.8 Å². The van der Waals surface area contributed by atoms with Crippen LogP contribution in [0.15, 0.2) is 35.7 Å². The van der Waals surface area contributed by atoms with E-state index in [9.17, 15) is 9.59 Å². The van der Waals surface area contributed by atoms with Gasteiger partial charge in [-0.1, -0.05) is 6.07 Å². The lowest BCUT2D eigenvalue weighted by atomic mass is 9.95. The first-order valence-electron chi connectivity index (χ1n) is 9.24. The summed E-state index contributed by atoms with van der Waals surface area (Å²) in [6.45, 7) is 2.47. The molecule has 2 aliphatic heterocycles. The molecular formula is C20H22N2O4S. The third-order valence-electron chi connectivity index (χ3n) is 4.90. The van der Waals surface area contributed by atoms with Crippen molar-refractivity contribution in [3.05, 3.63) is 40.6 Å². The van der Waals surface area contributed by atoms with E-state index in [1.54, 1.807) is 0 Å². The quantitative estimate of drug-likeness (QED) is 0.878. The van der Waals surface area contributed by atoms with Crippen LogP contribution in [0.4, 0.5) is 5.69 Å². The third kappa shape index (κ3) is 4.08. The van der Waals surface area contributed by atoms with E-state index in [0.717, 1.165) is 11.3 Å². The number of anilines is 1. The van der Waals surface area contributed by atoms with Gasteiger partial charge in [-0.15, -0.1) is 11.3 Å². The molecule has 2 aliphatic rings. The predicted molar refractivity (Wildman–Crippen MR) is 104 cm³/mol. The Balaban J connectivity index is 1.33. The number of carbonyl (C=O) groups excluding carboxylic acids is 2. The average molecular weight is 386 g/mol. The molecule has 1 fully saturated rings. The van der Waals surface area contributed by atoms with Gasteiger partial charge in [-0.25, -0.2) is 0 Å². The first-order valence-corrected chi connectivity index (χ1v) is 10.1. The molecule has 3 heterocycles. The highest BCUT2D eigenvalue weighted by Gasteiger charge is 2.28. The minimum absolute atomic E-state index is 0.00675. The summed E-state index contributed by atoms with van der Waals surface area (Å²) in [5.74, 6) is 1.35. The van der Waals surface area contributed by atoms with Gasteiger partial charge in [0, 0.05) is 37.2 Å². The van der Waals surface area contributed by atoms with Crippen molar-refractivity contribution in [3.63, 3.8) is 0 Å². The van der Waals surface area contributed by atoms with E-state index in [1.807, 2.05) is 40.6 Å². The van der Waals surface area contributed by atoms with Crippen LogP contribution in [0.5, 0.6) is 11.5 Å². The highest BCUT2D eigenvalue weighted by molar-refractivity contribution is 7.12. The lowest BCUT2D eigenvalue weighted by Gasteiger charge is -2.31. The maximum Gasteiger partial charge on any atom is 0.263 e. The first kappa shape index (κ1) is 17.9. The highest BCUT2D eigenvalue weighted by Crippen LogP contribution is 2.32. The van der Waals surface area contributed by atoms with Crippen LogP contribution >= 0.6 is 11.3 Å². The zero-order valence-corrected chi connectivity index (χ0v) is 15.8. The maximum atomic E-state index is 12.6. The van der Waals surface area contributed by atoms with Gasteiger partial charge in [-0.2, -0.15) is 0 Å². The molecule has 27 heavy (non-hydrogen) atoms. The normalized spacial score (nSPS) is 17.3. The molecule has 0 unspecified atom stereocenters. The van der Waals surface area contributed by atoms with Gasteiger partial charge in [0.15, 0.2) is 11.5 Å². The number of hydrogen-bond acceptors (Lipinski definition) is 5. The number of benzene rings is 1. The Morgan fingerprint density at radius 1 is 1.07 bits per heavy atom. The molecule has 1 aromatic carbocycles. The number of likely N-dealkylation sites (tertiary alicyclic amines) is 1. The van der Waals surface area contributed by atoms with Gasteiger partial charge in [0.1, 0.15) is 0 Å². The summed E-state index contributed by atoms with van der Waals surface area (Å²) >= 11 is 1.45. The summed E-state index contributed by atoms with van der Waals surface area (Å²) in [6, 6.07) is 9.21. The summed E-state index contributed by atoms with van der Waals surface area (Å²) in [7, 11) is 0. The Labute approximate surface area is 162 Å². The van der Waals surface area contributed by atoms with Gasteiger partial charge >= 0.3 is 0 Å². The lowest BCUT2D eigenvalue weighted by Crippen LogP contribution is -2.41.